The Labute approximate surface area is 110 Å². The third kappa shape index (κ3) is 4.18. The van der Waals surface area contributed by atoms with Gasteiger partial charge in [0.25, 0.3) is 0 Å². The molecule has 1 aliphatic carbocycles. The van der Waals surface area contributed by atoms with E-state index in [1.807, 2.05) is 12.1 Å². The average Bonchev–Trinajstić information content (AvgIpc) is 2.45. The summed E-state index contributed by atoms with van der Waals surface area (Å²) < 4.78 is 5.93. The van der Waals surface area contributed by atoms with E-state index in [9.17, 15) is 0 Å². The lowest BCUT2D eigenvalue weighted by Crippen LogP contribution is -2.16. The molecule has 0 saturated heterocycles. The second-order valence-corrected chi connectivity index (χ2v) is 4.77. The third-order valence-corrected chi connectivity index (χ3v) is 3.33. The Bertz CT molecular complexity index is 407. The molecule has 0 aliphatic heterocycles. The molecule has 0 amide bonds. The van der Waals surface area contributed by atoms with Gasteiger partial charge in [0.15, 0.2) is 0 Å². The second kappa shape index (κ2) is 7.20. The second-order valence-electron chi connectivity index (χ2n) is 4.77. The van der Waals surface area contributed by atoms with Crippen LogP contribution < -0.4 is 5.73 Å². The van der Waals surface area contributed by atoms with Crippen molar-refractivity contribution in [3.8, 4) is 11.8 Å². The summed E-state index contributed by atoms with van der Waals surface area (Å²) in [6.45, 7) is 1.13. The highest BCUT2D eigenvalue weighted by atomic mass is 16.5. The molecule has 18 heavy (non-hydrogen) atoms. The molecule has 2 nitrogen and oxygen atoms in total. The molecule has 1 aromatic carbocycles. The molecule has 96 valence electrons. The SMILES string of the molecule is NCC#Cc1ccc(COC2CCCCC2)cc1. The molecule has 0 atom stereocenters. The van der Waals surface area contributed by atoms with Crippen molar-refractivity contribution >= 4 is 0 Å². The molecular formula is C16H21NO. The number of hydrogen-bond donors (Lipinski definition) is 1. The summed E-state index contributed by atoms with van der Waals surface area (Å²) in [5.41, 5.74) is 7.58. The van der Waals surface area contributed by atoms with Crippen molar-refractivity contribution < 1.29 is 4.74 Å². The molecule has 1 saturated carbocycles. The molecule has 2 N–H and O–H groups in total. The molecule has 0 radical (unpaired) electrons. The number of ether oxygens (including phenoxy) is 1. The zero-order valence-corrected chi connectivity index (χ0v) is 10.8. The molecule has 0 spiro atoms. The van der Waals surface area contributed by atoms with E-state index in [0.717, 1.165) is 12.2 Å². The van der Waals surface area contributed by atoms with Crippen LogP contribution in [-0.2, 0) is 11.3 Å². The van der Waals surface area contributed by atoms with E-state index in [1.165, 1.54) is 37.7 Å². The molecule has 1 fully saturated rings. The molecule has 1 aromatic rings. The van der Waals surface area contributed by atoms with Crippen molar-refractivity contribution in [1.82, 2.24) is 0 Å². The Morgan fingerprint density at radius 1 is 1.11 bits per heavy atom. The van der Waals surface area contributed by atoms with Gasteiger partial charge in [0.2, 0.25) is 0 Å². The summed E-state index contributed by atoms with van der Waals surface area (Å²) in [6.07, 6.45) is 6.92. The van der Waals surface area contributed by atoms with E-state index >= 15 is 0 Å². The lowest BCUT2D eigenvalue weighted by Gasteiger charge is -2.21. The Morgan fingerprint density at radius 2 is 1.83 bits per heavy atom. The summed E-state index contributed by atoms with van der Waals surface area (Å²) in [5, 5.41) is 0. The van der Waals surface area contributed by atoms with Crippen LogP contribution in [0.5, 0.6) is 0 Å². The monoisotopic (exact) mass is 243 g/mol. The Hall–Kier alpha value is -1.30. The van der Waals surface area contributed by atoms with Crippen LogP contribution in [0.2, 0.25) is 0 Å². The fourth-order valence-electron chi connectivity index (χ4n) is 2.28. The highest BCUT2D eigenvalue weighted by molar-refractivity contribution is 5.36. The maximum absolute atomic E-state index is 5.93. The van der Waals surface area contributed by atoms with Gasteiger partial charge < -0.3 is 10.5 Å². The van der Waals surface area contributed by atoms with E-state index in [1.54, 1.807) is 0 Å². The van der Waals surface area contributed by atoms with Crippen LogP contribution in [0, 0.1) is 11.8 Å². The first-order valence-electron chi connectivity index (χ1n) is 6.78. The van der Waals surface area contributed by atoms with Crippen molar-refractivity contribution in [3.05, 3.63) is 35.4 Å². The van der Waals surface area contributed by atoms with Gasteiger partial charge in [0.1, 0.15) is 0 Å². The molecule has 0 unspecified atom stereocenters. The predicted molar refractivity (Wildman–Crippen MR) is 74.0 cm³/mol. The maximum Gasteiger partial charge on any atom is 0.0720 e. The topological polar surface area (TPSA) is 35.2 Å². The highest BCUT2D eigenvalue weighted by Crippen LogP contribution is 2.21. The van der Waals surface area contributed by atoms with Gasteiger partial charge in [-0.25, -0.2) is 0 Å². The Kier molecular flexibility index (Phi) is 5.26. The van der Waals surface area contributed by atoms with E-state index in [2.05, 4.69) is 24.0 Å². The van der Waals surface area contributed by atoms with Crippen LogP contribution in [-0.4, -0.2) is 12.6 Å². The van der Waals surface area contributed by atoms with Crippen LogP contribution in [0.15, 0.2) is 24.3 Å². The smallest absolute Gasteiger partial charge is 0.0720 e. The van der Waals surface area contributed by atoms with Crippen LogP contribution >= 0.6 is 0 Å². The van der Waals surface area contributed by atoms with Crippen LogP contribution in [0.4, 0.5) is 0 Å². The molecule has 2 heteroatoms. The zero-order chi connectivity index (χ0) is 12.6. The molecule has 2 rings (SSSR count). The van der Waals surface area contributed by atoms with E-state index in [4.69, 9.17) is 10.5 Å². The van der Waals surface area contributed by atoms with Gasteiger partial charge >= 0.3 is 0 Å². The zero-order valence-electron chi connectivity index (χ0n) is 10.8. The molecular weight excluding hydrogens is 222 g/mol. The quantitative estimate of drug-likeness (QED) is 0.828. The predicted octanol–water partition coefficient (Wildman–Crippen LogP) is 2.85. The fraction of sp³-hybridized carbons (Fsp3) is 0.500. The van der Waals surface area contributed by atoms with Gasteiger partial charge in [-0.2, -0.15) is 0 Å². The third-order valence-electron chi connectivity index (χ3n) is 3.33. The summed E-state index contributed by atoms with van der Waals surface area (Å²) >= 11 is 0. The van der Waals surface area contributed by atoms with E-state index in [-0.39, 0.29) is 0 Å². The number of nitrogens with two attached hydrogens (primary N) is 1. The lowest BCUT2D eigenvalue weighted by atomic mass is 9.98. The Balaban J connectivity index is 1.82. The van der Waals surface area contributed by atoms with Gasteiger partial charge in [0, 0.05) is 5.56 Å². The summed E-state index contributed by atoms with van der Waals surface area (Å²) in [4.78, 5) is 0. The van der Waals surface area contributed by atoms with Gasteiger partial charge in [-0.3, -0.25) is 0 Å². The summed E-state index contributed by atoms with van der Waals surface area (Å²) in [7, 11) is 0. The fourth-order valence-corrected chi connectivity index (χ4v) is 2.28. The van der Waals surface area contributed by atoms with Crippen LogP contribution in [0.1, 0.15) is 43.2 Å². The minimum absolute atomic E-state index is 0.409. The summed E-state index contributed by atoms with van der Waals surface area (Å²) in [6, 6.07) is 8.23. The van der Waals surface area contributed by atoms with Gasteiger partial charge in [-0.1, -0.05) is 43.2 Å². The summed E-state index contributed by atoms with van der Waals surface area (Å²) in [5.74, 6) is 5.88. The molecule has 0 bridgehead atoms. The first-order valence-corrected chi connectivity index (χ1v) is 6.78. The normalized spacial score (nSPS) is 16.1. The Morgan fingerprint density at radius 3 is 2.50 bits per heavy atom. The standard InChI is InChI=1S/C16H21NO/c17-12-4-5-14-8-10-15(11-9-14)13-18-16-6-2-1-3-7-16/h8-11,16H,1-3,6-7,12-13,17H2. The van der Waals surface area contributed by atoms with Gasteiger partial charge in [-0.15, -0.1) is 0 Å². The highest BCUT2D eigenvalue weighted by Gasteiger charge is 2.13. The molecule has 1 aliphatic rings. The van der Waals surface area contributed by atoms with Gasteiger partial charge in [0.05, 0.1) is 19.3 Å². The minimum Gasteiger partial charge on any atom is -0.374 e. The number of rotatable bonds is 3. The van der Waals surface area contributed by atoms with Crippen LogP contribution in [0.25, 0.3) is 0 Å². The first-order chi connectivity index (χ1) is 8.88. The largest absolute Gasteiger partial charge is 0.374 e. The van der Waals surface area contributed by atoms with Crippen molar-refractivity contribution in [2.75, 3.05) is 6.54 Å². The number of hydrogen-bond acceptors (Lipinski definition) is 2. The lowest BCUT2D eigenvalue weighted by molar-refractivity contribution is 0.0169. The van der Waals surface area contributed by atoms with Crippen molar-refractivity contribution in [2.24, 2.45) is 5.73 Å². The van der Waals surface area contributed by atoms with Crippen molar-refractivity contribution in [2.45, 2.75) is 44.8 Å². The van der Waals surface area contributed by atoms with Crippen molar-refractivity contribution in [1.29, 1.82) is 0 Å². The molecule has 0 heterocycles. The number of benzene rings is 1. The van der Waals surface area contributed by atoms with Crippen LogP contribution in [0.3, 0.4) is 0 Å². The van der Waals surface area contributed by atoms with E-state index < -0.39 is 0 Å². The average molecular weight is 243 g/mol. The van der Waals surface area contributed by atoms with Gasteiger partial charge in [-0.05, 0) is 30.5 Å². The maximum atomic E-state index is 5.93. The van der Waals surface area contributed by atoms with Crippen molar-refractivity contribution in [3.63, 3.8) is 0 Å². The van der Waals surface area contributed by atoms with E-state index in [0.29, 0.717) is 12.6 Å². The minimum atomic E-state index is 0.409. The molecule has 0 aromatic heterocycles. The first kappa shape index (κ1) is 13.1.